The average Bonchev–Trinajstić information content (AvgIpc) is 3.23. The number of rotatable bonds is 4. The van der Waals surface area contributed by atoms with E-state index in [9.17, 15) is 19.2 Å². The summed E-state index contributed by atoms with van der Waals surface area (Å²) < 4.78 is 1.26. The minimum Gasteiger partial charge on any atom is -0.312 e. The molecule has 164 valence electrons. The van der Waals surface area contributed by atoms with Gasteiger partial charge in [0.1, 0.15) is 0 Å². The van der Waals surface area contributed by atoms with Gasteiger partial charge in [-0.3, -0.25) is 30.0 Å². The van der Waals surface area contributed by atoms with Gasteiger partial charge in [-0.15, -0.1) is 0 Å². The van der Waals surface area contributed by atoms with Crippen LogP contribution in [0.4, 0.5) is 5.69 Å². The Kier molecular flexibility index (Phi) is 5.72. The minimum absolute atomic E-state index is 0.0441. The van der Waals surface area contributed by atoms with Crippen molar-refractivity contribution in [3.63, 3.8) is 0 Å². The van der Waals surface area contributed by atoms with Crippen LogP contribution >= 0.6 is 0 Å². The summed E-state index contributed by atoms with van der Waals surface area (Å²) in [5.74, 6) is -1.16. The molecule has 0 saturated heterocycles. The van der Waals surface area contributed by atoms with E-state index >= 15 is 0 Å². The first-order valence-electron chi connectivity index (χ1n) is 10.4. The molecule has 32 heavy (non-hydrogen) atoms. The first-order chi connectivity index (χ1) is 15.4. The SMILES string of the molecule is CCCn1nc(C(=O)NNC(=O)c2ccc3c(c2)CCN3C(C)=O)c2ccccc2c1=O. The fraction of sp³-hybridized carbons (Fsp3) is 0.261. The number of aryl methyl sites for hydroxylation is 1. The summed E-state index contributed by atoms with van der Waals surface area (Å²) in [6, 6.07) is 11.8. The monoisotopic (exact) mass is 433 g/mol. The van der Waals surface area contributed by atoms with Gasteiger partial charge in [0.25, 0.3) is 17.4 Å². The van der Waals surface area contributed by atoms with E-state index in [2.05, 4.69) is 16.0 Å². The largest absolute Gasteiger partial charge is 0.312 e. The Bertz CT molecular complexity index is 1300. The maximum atomic E-state index is 12.8. The number of amides is 3. The van der Waals surface area contributed by atoms with Crippen molar-refractivity contribution in [2.75, 3.05) is 11.4 Å². The lowest BCUT2D eigenvalue weighted by Gasteiger charge is -2.15. The van der Waals surface area contributed by atoms with Crippen molar-refractivity contribution in [2.24, 2.45) is 0 Å². The van der Waals surface area contributed by atoms with E-state index in [0.717, 1.165) is 11.3 Å². The van der Waals surface area contributed by atoms with E-state index in [1.807, 2.05) is 6.92 Å². The lowest BCUT2D eigenvalue weighted by molar-refractivity contribution is -0.116. The molecule has 0 atom stereocenters. The number of carbonyl (C=O) groups excluding carboxylic acids is 3. The predicted octanol–water partition coefficient (Wildman–Crippen LogP) is 1.79. The zero-order valence-corrected chi connectivity index (χ0v) is 17.8. The van der Waals surface area contributed by atoms with Crippen LogP contribution < -0.4 is 21.3 Å². The highest BCUT2D eigenvalue weighted by Gasteiger charge is 2.23. The number of hydrazine groups is 1. The fourth-order valence-corrected chi connectivity index (χ4v) is 3.88. The molecule has 0 aliphatic carbocycles. The Morgan fingerprint density at radius 1 is 1.03 bits per heavy atom. The van der Waals surface area contributed by atoms with Gasteiger partial charge in [-0.1, -0.05) is 25.1 Å². The molecule has 2 N–H and O–H groups in total. The van der Waals surface area contributed by atoms with Gasteiger partial charge in [0.15, 0.2) is 5.69 Å². The molecule has 9 nitrogen and oxygen atoms in total. The smallest absolute Gasteiger partial charge is 0.290 e. The van der Waals surface area contributed by atoms with Gasteiger partial charge in [-0.05, 0) is 42.7 Å². The van der Waals surface area contributed by atoms with Crippen LogP contribution in [0, 0.1) is 0 Å². The normalized spacial score (nSPS) is 12.5. The van der Waals surface area contributed by atoms with Crippen LogP contribution in [-0.4, -0.2) is 34.0 Å². The van der Waals surface area contributed by atoms with Gasteiger partial charge < -0.3 is 4.90 Å². The zero-order valence-electron chi connectivity index (χ0n) is 17.8. The van der Waals surface area contributed by atoms with Gasteiger partial charge >= 0.3 is 0 Å². The molecule has 4 rings (SSSR count). The summed E-state index contributed by atoms with van der Waals surface area (Å²) in [7, 11) is 0. The Hall–Kier alpha value is -4.01. The van der Waals surface area contributed by atoms with Crippen LogP contribution in [0.5, 0.6) is 0 Å². The van der Waals surface area contributed by atoms with Crippen LogP contribution in [0.25, 0.3) is 10.8 Å². The van der Waals surface area contributed by atoms with E-state index in [-0.39, 0.29) is 17.2 Å². The summed E-state index contributed by atoms with van der Waals surface area (Å²) in [6.45, 7) is 4.38. The lowest BCUT2D eigenvalue weighted by atomic mass is 10.1. The van der Waals surface area contributed by atoms with E-state index in [1.54, 1.807) is 47.4 Å². The summed E-state index contributed by atoms with van der Waals surface area (Å²) >= 11 is 0. The Labute approximate surface area is 184 Å². The molecule has 1 aliphatic heterocycles. The topological polar surface area (TPSA) is 113 Å². The Balaban J connectivity index is 1.54. The molecule has 2 aromatic carbocycles. The number of nitrogens with one attached hydrogen (secondary N) is 2. The van der Waals surface area contributed by atoms with Crippen LogP contribution in [0.2, 0.25) is 0 Å². The number of aromatic nitrogens is 2. The second kappa shape index (κ2) is 8.62. The lowest BCUT2D eigenvalue weighted by Crippen LogP contribution is -2.42. The van der Waals surface area contributed by atoms with E-state index < -0.39 is 11.8 Å². The molecule has 2 heterocycles. The molecular formula is C23H23N5O4. The number of anilines is 1. The maximum Gasteiger partial charge on any atom is 0.290 e. The fourth-order valence-electron chi connectivity index (χ4n) is 3.88. The minimum atomic E-state index is -0.622. The number of hydrogen-bond donors (Lipinski definition) is 2. The quantitative estimate of drug-likeness (QED) is 0.609. The molecule has 0 unspecified atom stereocenters. The molecule has 3 amide bonds. The standard InChI is InChI=1S/C23H23N5O4/c1-3-11-28-23(32)18-7-5-4-6-17(18)20(26-28)22(31)25-24-21(30)16-8-9-19-15(13-16)10-12-27(19)14(2)29/h4-9,13H,3,10-12H2,1-2H3,(H,24,30)(H,25,31). The van der Waals surface area contributed by atoms with Crippen molar-refractivity contribution < 1.29 is 14.4 Å². The third-order valence-corrected chi connectivity index (χ3v) is 5.43. The summed E-state index contributed by atoms with van der Waals surface area (Å²) in [6.07, 6.45) is 1.35. The number of carbonyl (C=O) groups is 3. The second-order valence-corrected chi connectivity index (χ2v) is 7.59. The van der Waals surface area contributed by atoms with Crippen LogP contribution in [0.15, 0.2) is 47.3 Å². The molecule has 1 aromatic heterocycles. The molecule has 0 radical (unpaired) electrons. The van der Waals surface area contributed by atoms with Crippen molar-refractivity contribution in [1.82, 2.24) is 20.6 Å². The summed E-state index contributed by atoms with van der Waals surface area (Å²) in [5.41, 5.74) is 6.65. The van der Waals surface area contributed by atoms with Gasteiger partial charge in [0, 0.05) is 36.7 Å². The Morgan fingerprint density at radius 2 is 1.75 bits per heavy atom. The number of benzene rings is 2. The van der Waals surface area contributed by atoms with Gasteiger partial charge in [0.05, 0.1) is 5.39 Å². The molecule has 9 heteroatoms. The first kappa shape index (κ1) is 21.2. The third kappa shape index (κ3) is 3.84. The summed E-state index contributed by atoms with van der Waals surface area (Å²) in [4.78, 5) is 51.4. The molecule has 1 aliphatic rings. The number of hydrogen-bond acceptors (Lipinski definition) is 5. The van der Waals surface area contributed by atoms with E-state index in [4.69, 9.17) is 0 Å². The molecule has 0 spiro atoms. The van der Waals surface area contributed by atoms with Crippen LogP contribution in [0.1, 0.15) is 46.7 Å². The Morgan fingerprint density at radius 3 is 2.47 bits per heavy atom. The second-order valence-electron chi connectivity index (χ2n) is 7.59. The molecule has 0 bridgehead atoms. The molecule has 0 fully saturated rings. The highest BCUT2D eigenvalue weighted by atomic mass is 16.2. The van der Waals surface area contributed by atoms with Crippen molar-refractivity contribution in [1.29, 1.82) is 0 Å². The van der Waals surface area contributed by atoms with Gasteiger partial charge in [-0.2, -0.15) is 5.10 Å². The number of fused-ring (bicyclic) bond motifs is 2. The van der Waals surface area contributed by atoms with Crippen molar-refractivity contribution >= 4 is 34.2 Å². The highest BCUT2D eigenvalue weighted by molar-refractivity contribution is 6.06. The van der Waals surface area contributed by atoms with E-state index in [1.165, 1.54) is 11.6 Å². The van der Waals surface area contributed by atoms with E-state index in [0.29, 0.717) is 42.3 Å². The van der Waals surface area contributed by atoms with Gasteiger partial charge in [-0.25, -0.2) is 4.68 Å². The van der Waals surface area contributed by atoms with Gasteiger partial charge in [0.2, 0.25) is 5.91 Å². The molecule has 0 saturated carbocycles. The van der Waals surface area contributed by atoms with Crippen molar-refractivity contribution in [2.45, 2.75) is 33.2 Å². The van der Waals surface area contributed by atoms with Crippen molar-refractivity contribution in [3.8, 4) is 0 Å². The highest BCUT2D eigenvalue weighted by Crippen LogP contribution is 2.28. The van der Waals surface area contributed by atoms with Crippen LogP contribution in [0.3, 0.4) is 0 Å². The van der Waals surface area contributed by atoms with Crippen molar-refractivity contribution in [3.05, 3.63) is 69.6 Å². The molecular weight excluding hydrogens is 410 g/mol. The molecule has 3 aromatic rings. The zero-order chi connectivity index (χ0) is 22.8. The third-order valence-electron chi connectivity index (χ3n) is 5.43. The predicted molar refractivity (Wildman–Crippen MR) is 119 cm³/mol. The maximum absolute atomic E-state index is 12.8. The average molecular weight is 433 g/mol. The first-order valence-corrected chi connectivity index (χ1v) is 10.4. The summed E-state index contributed by atoms with van der Waals surface area (Å²) in [5, 5.41) is 5.02. The van der Waals surface area contributed by atoms with Crippen LogP contribution in [-0.2, 0) is 17.8 Å². The number of nitrogens with zero attached hydrogens (tertiary/aromatic N) is 3.